The van der Waals surface area contributed by atoms with Crippen molar-refractivity contribution in [1.29, 1.82) is 0 Å². The lowest BCUT2D eigenvalue weighted by atomic mass is 9.95. The first-order valence-corrected chi connectivity index (χ1v) is 8.36. The molecule has 0 aliphatic heterocycles. The molecule has 1 aromatic carbocycles. The summed E-state index contributed by atoms with van der Waals surface area (Å²) in [5.41, 5.74) is 1.54. The first kappa shape index (κ1) is 16.6. The Labute approximate surface area is 135 Å². The van der Waals surface area contributed by atoms with Gasteiger partial charge in [-0.1, -0.05) is 38.3 Å². The molecule has 2 rings (SSSR count). The predicted molar refractivity (Wildman–Crippen MR) is 87.9 cm³/mol. The summed E-state index contributed by atoms with van der Waals surface area (Å²) in [7, 11) is 0. The zero-order chi connectivity index (χ0) is 15.6. The molecule has 0 saturated heterocycles. The van der Waals surface area contributed by atoms with Gasteiger partial charge >= 0.3 is 0 Å². The van der Waals surface area contributed by atoms with Crippen LogP contribution in [0.15, 0.2) is 12.1 Å². The number of rotatable bonds is 6. The minimum Gasteiger partial charge on any atom is -0.325 e. The lowest BCUT2D eigenvalue weighted by Crippen LogP contribution is -2.18. The fourth-order valence-electron chi connectivity index (χ4n) is 3.04. The molecule has 0 aliphatic carbocycles. The summed E-state index contributed by atoms with van der Waals surface area (Å²) in [4.78, 5) is 4.56. The molecular weight excluding hydrogens is 310 g/mol. The van der Waals surface area contributed by atoms with Gasteiger partial charge in [0.15, 0.2) is 0 Å². The molecule has 21 heavy (non-hydrogen) atoms. The average molecular weight is 331 g/mol. The minimum atomic E-state index is -0.429. The Hall–Kier alpha value is -0.800. The Morgan fingerprint density at radius 3 is 2.52 bits per heavy atom. The van der Waals surface area contributed by atoms with Gasteiger partial charge in [-0.3, -0.25) is 0 Å². The molecule has 0 aliphatic rings. The highest BCUT2D eigenvalue weighted by molar-refractivity contribution is 6.31. The van der Waals surface area contributed by atoms with Crippen LogP contribution in [0.3, 0.4) is 0 Å². The van der Waals surface area contributed by atoms with E-state index in [9.17, 15) is 4.39 Å². The third kappa shape index (κ3) is 3.19. The van der Waals surface area contributed by atoms with Crippen LogP contribution < -0.4 is 0 Å². The molecule has 0 spiro atoms. The Bertz CT molecular complexity index is 620. The molecule has 1 heterocycles. The average Bonchev–Trinajstić information content (AvgIpc) is 2.78. The van der Waals surface area contributed by atoms with E-state index in [1.54, 1.807) is 6.07 Å². The Morgan fingerprint density at radius 1 is 1.29 bits per heavy atom. The number of nitrogens with zero attached hydrogens (tertiary/aromatic N) is 2. The van der Waals surface area contributed by atoms with E-state index in [2.05, 4.69) is 30.3 Å². The standard InChI is InChI=1S/C16H21Cl2FN2/c1-4-11(5-2)10(3)21-15-8-12(18)13(19)9-14(15)20-16(21)6-7-17/h8-11H,4-7H2,1-3H3. The number of halogens is 3. The van der Waals surface area contributed by atoms with Gasteiger partial charge in [0, 0.05) is 24.4 Å². The maximum absolute atomic E-state index is 13.7. The maximum Gasteiger partial charge on any atom is 0.144 e. The Morgan fingerprint density at radius 2 is 1.95 bits per heavy atom. The SMILES string of the molecule is CCC(CC)C(C)n1c(CCCl)nc2cc(F)c(Cl)cc21. The van der Waals surface area contributed by atoms with E-state index < -0.39 is 5.82 Å². The monoisotopic (exact) mass is 330 g/mol. The van der Waals surface area contributed by atoms with Gasteiger partial charge in [-0.2, -0.15) is 0 Å². The van der Waals surface area contributed by atoms with Gasteiger partial charge in [0.05, 0.1) is 16.1 Å². The second kappa shape index (κ2) is 6.97. The van der Waals surface area contributed by atoms with Crippen LogP contribution >= 0.6 is 23.2 Å². The van der Waals surface area contributed by atoms with Crippen molar-refractivity contribution in [3.05, 3.63) is 28.8 Å². The fraction of sp³-hybridized carbons (Fsp3) is 0.562. The van der Waals surface area contributed by atoms with Crippen LogP contribution in [0, 0.1) is 11.7 Å². The molecule has 1 atom stereocenters. The summed E-state index contributed by atoms with van der Waals surface area (Å²) < 4.78 is 15.8. The molecular formula is C16H21Cl2FN2. The largest absolute Gasteiger partial charge is 0.325 e. The molecule has 0 bridgehead atoms. The number of fused-ring (bicyclic) bond motifs is 1. The molecule has 0 radical (unpaired) electrons. The van der Waals surface area contributed by atoms with Gasteiger partial charge in [-0.15, -0.1) is 11.6 Å². The van der Waals surface area contributed by atoms with Crippen molar-refractivity contribution in [3.63, 3.8) is 0 Å². The Kier molecular flexibility index (Phi) is 5.50. The number of hydrogen-bond acceptors (Lipinski definition) is 1. The molecule has 0 N–H and O–H groups in total. The van der Waals surface area contributed by atoms with Gasteiger partial charge in [-0.05, 0) is 18.9 Å². The summed E-state index contributed by atoms with van der Waals surface area (Å²) in [6.07, 6.45) is 2.85. The quantitative estimate of drug-likeness (QED) is 0.629. The van der Waals surface area contributed by atoms with Crippen LogP contribution in [0.1, 0.15) is 45.5 Å². The molecule has 2 nitrogen and oxygen atoms in total. The number of alkyl halides is 1. The van der Waals surface area contributed by atoms with Crippen molar-refractivity contribution in [2.24, 2.45) is 5.92 Å². The van der Waals surface area contributed by atoms with Gasteiger partial charge in [-0.25, -0.2) is 9.37 Å². The molecule has 0 saturated carbocycles. The van der Waals surface area contributed by atoms with Crippen molar-refractivity contribution in [2.75, 3.05) is 5.88 Å². The maximum atomic E-state index is 13.7. The summed E-state index contributed by atoms with van der Waals surface area (Å²) >= 11 is 11.9. The molecule has 1 unspecified atom stereocenters. The van der Waals surface area contributed by atoms with Gasteiger partial charge < -0.3 is 4.57 Å². The van der Waals surface area contributed by atoms with Crippen LogP contribution in [-0.2, 0) is 6.42 Å². The summed E-state index contributed by atoms with van der Waals surface area (Å²) in [5.74, 6) is 1.51. The third-order valence-electron chi connectivity index (χ3n) is 4.26. The predicted octanol–water partition coefficient (Wildman–Crippen LogP) is 5.61. The highest BCUT2D eigenvalue weighted by Gasteiger charge is 2.22. The lowest BCUT2D eigenvalue weighted by molar-refractivity contribution is 0.333. The highest BCUT2D eigenvalue weighted by Crippen LogP contribution is 2.32. The van der Waals surface area contributed by atoms with E-state index >= 15 is 0 Å². The molecule has 0 amide bonds. The topological polar surface area (TPSA) is 17.8 Å². The van der Waals surface area contributed by atoms with Crippen molar-refractivity contribution < 1.29 is 4.39 Å². The summed E-state index contributed by atoms with van der Waals surface area (Å²) in [6, 6.07) is 3.37. The molecule has 116 valence electrons. The van der Waals surface area contributed by atoms with Crippen LogP contribution in [0.25, 0.3) is 11.0 Å². The fourth-order valence-corrected chi connectivity index (χ4v) is 3.36. The van der Waals surface area contributed by atoms with Gasteiger partial charge in [0.1, 0.15) is 11.6 Å². The van der Waals surface area contributed by atoms with E-state index in [0.717, 1.165) is 24.2 Å². The van der Waals surface area contributed by atoms with Crippen molar-refractivity contribution >= 4 is 34.2 Å². The first-order valence-electron chi connectivity index (χ1n) is 7.45. The number of benzene rings is 1. The van der Waals surface area contributed by atoms with Crippen molar-refractivity contribution in [2.45, 2.75) is 46.1 Å². The number of imidazole rings is 1. The lowest BCUT2D eigenvalue weighted by Gasteiger charge is -2.25. The first-order chi connectivity index (χ1) is 10.0. The molecule has 2 aromatic rings. The van der Waals surface area contributed by atoms with Gasteiger partial charge in [0.2, 0.25) is 0 Å². The number of aryl methyl sites for hydroxylation is 1. The van der Waals surface area contributed by atoms with Crippen LogP contribution in [0.2, 0.25) is 5.02 Å². The highest BCUT2D eigenvalue weighted by atomic mass is 35.5. The normalized spacial score (nSPS) is 13.3. The van der Waals surface area contributed by atoms with E-state index in [1.165, 1.54) is 6.07 Å². The van der Waals surface area contributed by atoms with E-state index in [4.69, 9.17) is 23.2 Å². The summed E-state index contributed by atoms with van der Waals surface area (Å²) in [6.45, 7) is 6.57. The van der Waals surface area contributed by atoms with E-state index in [-0.39, 0.29) is 11.1 Å². The Balaban J connectivity index is 2.62. The second-order valence-electron chi connectivity index (χ2n) is 5.41. The zero-order valence-corrected chi connectivity index (χ0v) is 14.2. The smallest absolute Gasteiger partial charge is 0.144 e. The second-order valence-corrected chi connectivity index (χ2v) is 6.19. The summed E-state index contributed by atoms with van der Waals surface area (Å²) in [5, 5.41) is 0.137. The molecule has 5 heteroatoms. The van der Waals surface area contributed by atoms with Crippen LogP contribution in [0.4, 0.5) is 4.39 Å². The van der Waals surface area contributed by atoms with Crippen LogP contribution in [0.5, 0.6) is 0 Å². The molecule has 0 fully saturated rings. The van der Waals surface area contributed by atoms with E-state index in [1.807, 2.05) is 0 Å². The third-order valence-corrected chi connectivity index (χ3v) is 4.74. The van der Waals surface area contributed by atoms with Crippen LogP contribution in [-0.4, -0.2) is 15.4 Å². The number of hydrogen-bond donors (Lipinski definition) is 0. The minimum absolute atomic E-state index is 0.137. The van der Waals surface area contributed by atoms with Crippen molar-refractivity contribution in [1.82, 2.24) is 9.55 Å². The molecule has 1 aromatic heterocycles. The van der Waals surface area contributed by atoms with Crippen molar-refractivity contribution in [3.8, 4) is 0 Å². The van der Waals surface area contributed by atoms with E-state index in [0.29, 0.717) is 23.7 Å². The number of aromatic nitrogens is 2. The van der Waals surface area contributed by atoms with Gasteiger partial charge in [0.25, 0.3) is 0 Å². The zero-order valence-electron chi connectivity index (χ0n) is 12.7.